The van der Waals surface area contributed by atoms with Crippen molar-refractivity contribution in [3.63, 3.8) is 0 Å². The van der Waals surface area contributed by atoms with E-state index in [4.69, 9.17) is 10.5 Å². The van der Waals surface area contributed by atoms with Crippen LogP contribution in [0, 0.1) is 0 Å². The summed E-state index contributed by atoms with van der Waals surface area (Å²) in [6, 6.07) is 3.41. The number of likely N-dealkylation sites (tertiary alicyclic amines) is 1. The van der Waals surface area contributed by atoms with E-state index in [-0.39, 0.29) is 5.92 Å². The first-order chi connectivity index (χ1) is 11.9. The van der Waals surface area contributed by atoms with Crippen molar-refractivity contribution in [1.29, 1.82) is 0 Å². The third-order valence-corrected chi connectivity index (χ3v) is 4.16. The van der Waals surface area contributed by atoms with E-state index in [1.54, 1.807) is 25.7 Å². The summed E-state index contributed by atoms with van der Waals surface area (Å²) in [5, 5.41) is 0. The SMILES string of the molecule is CC(C)(C)OC(=O)N1CCCC(c2ccc(C(F)(F)F)c(C(N)=O)c2)C1. The highest BCUT2D eigenvalue weighted by atomic mass is 19.4. The summed E-state index contributed by atoms with van der Waals surface area (Å²) >= 11 is 0. The number of alkyl halides is 3. The first-order valence-electron chi connectivity index (χ1n) is 8.37. The molecule has 1 heterocycles. The summed E-state index contributed by atoms with van der Waals surface area (Å²) in [5.41, 5.74) is 3.46. The van der Waals surface area contributed by atoms with Crippen LogP contribution < -0.4 is 5.73 Å². The minimum Gasteiger partial charge on any atom is -0.444 e. The zero-order chi connectivity index (χ0) is 19.7. The Kier molecular flexibility index (Phi) is 5.53. The molecule has 0 aromatic heterocycles. The standard InChI is InChI=1S/C18H23F3N2O3/c1-17(2,3)26-16(25)23-8-4-5-12(10-23)11-6-7-14(18(19,20)21)13(9-11)15(22)24/h6-7,9,12H,4-5,8,10H2,1-3H3,(H2,22,24). The molecule has 0 aliphatic carbocycles. The third-order valence-electron chi connectivity index (χ3n) is 4.16. The van der Waals surface area contributed by atoms with Gasteiger partial charge in [0.1, 0.15) is 5.60 Å². The Balaban J connectivity index is 2.24. The Morgan fingerprint density at radius 3 is 2.42 bits per heavy atom. The molecule has 1 saturated heterocycles. The number of benzene rings is 1. The summed E-state index contributed by atoms with van der Waals surface area (Å²) < 4.78 is 44.4. The number of carbonyl (C=O) groups excluding carboxylic acids is 2. The zero-order valence-corrected chi connectivity index (χ0v) is 15.0. The first-order valence-corrected chi connectivity index (χ1v) is 8.37. The van der Waals surface area contributed by atoms with Crippen LogP contribution in [0.25, 0.3) is 0 Å². The quantitative estimate of drug-likeness (QED) is 0.855. The second kappa shape index (κ2) is 7.17. The minimum absolute atomic E-state index is 0.184. The molecule has 0 spiro atoms. The molecule has 0 saturated carbocycles. The van der Waals surface area contributed by atoms with Gasteiger partial charge in [0.2, 0.25) is 5.91 Å². The topological polar surface area (TPSA) is 72.6 Å². The van der Waals surface area contributed by atoms with Gasteiger partial charge in [-0.1, -0.05) is 6.07 Å². The van der Waals surface area contributed by atoms with E-state index in [0.29, 0.717) is 31.5 Å². The van der Waals surface area contributed by atoms with Crippen LogP contribution in [0.3, 0.4) is 0 Å². The summed E-state index contributed by atoms with van der Waals surface area (Å²) in [4.78, 5) is 25.2. The van der Waals surface area contributed by atoms with Gasteiger partial charge in [-0.3, -0.25) is 4.79 Å². The number of nitrogens with two attached hydrogens (primary N) is 1. The molecule has 2 N–H and O–H groups in total. The molecule has 0 bridgehead atoms. The smallest absolute Gasteiger partial charge is 0.417 e. The predicted octanol–water partition coefficient (Wildman–Crippen LogP) is 3.92. The van der Waals surface area contributed by atoms with Crippen LogP contribution in [0.1, 0.15) is 61.0 Å². The monoisotopic (exact) mass is 372 g/mol. The number of hydrogen-bond donors (Lipinski definition) is 1. The molecule has 1 aliphatic rings. The van der Waals surface area contributed by atoms with E-state index in [1.807, 2.05) is 0 Å². The second-order valence-electron chi connectivity index (χ2n) is 7.43. The van der Waals surface area contributed by atoms with Gasteiger partial charge in [-0.2, -0.15) is 13.2 Å². The van der Waals surface area contributed by atoms with Crippen molar-refractivity contribution in [2.24, 2.45) is 5.73 Å². The highest BCUT2D eigenvalue weighted by Crippen LogP contribution is 2.35. The van der Waals surface area contributed by atoms with Crippen molar-refractivity contribution >= 4 is 12.0 Å². The number of rotatable bonds is 2. The lowest BCUT2D eigenvalue weighted by Gasteiger charge is -2.34. The van der Waals surface area contributed by atoms with Gasteiger partial charge in [0, 0.05) is 19.0 Å². The highest BCUT2D eigenvalue weighted by Gasteiger charge is 2.36. The highest BCUT2D eigenvalue weighted by molar-refractivity contribution is 5.94. The van der Waals surface area contributed by atoms with Crippen LogP contribution in [0.2, 0.25) is 0 Å². The first kappa shape index (κ1) is 20.1. The molecule has 5 nitrogen and oxygen atoms in total. The van der Waals surface area contributed by atoms with Crippen molar-refractivity contribution < 1.29 is 27.5 Å². The average molecular weight is 372 g/mol. The number of primary amides is 1. The fourth-order valence-electron chi connectivity index (χ4n) is 3.01. The lowest BCUT2D eigenvalue weighted by atomic mass is 9.88. The molecule has 144 valence electrons. The number of carbonyl (C=O) groups is 2. The summed E-state index contributed by atoms with van der Waals surface area (Å²) in [5.74, 6) is -1.31. The molecule has 1 aliphatic heterocycles. The van der Waals surface area contributed by atoms with Gasteiger partial charge in [0.15, 0.2) is 0 Å². The van der Waals surface area contributed by atoms with Crippen molar-refractivity contribution in [3.05, 3.63) is 34.9 Å². The number of piperidine rings is 1. The molecule has 26 heavy (non-hydrogen) atoms. The third kappa shape index (κ3) is 4.89. The fraction of sp³-hybridized carbons (Fsp3) is 0.556. The van der Waals surface area contributed by atoms with E-state index in [0.717, 1.165) is 6.07 Å². The molecule has 8 heteroatoms. The van der Waals surface area contributed by atoms with Gasteiger partial charge >= 0.3 is 12.3 Å². The maximum atomic E-state index is 13.0. The van der Waals surface area contributed by atoms with Crippen molar-refractivity contribution in [2.45, 2.75) is 51.3 Å². The number of nitrogens with zero attached hydrogens (tertiary/aromatic N) is 1. The molecule has 1 atom stereocenters. The number of amides is 2. The van der Waals surface area contributed by atoms with Crippen molar-refractivity contribution in [3.8, 4) is 0 Å². The lowest BCUT2D eigenvalue weighted by Crippen LogP contribution is -2.42. The van der Waals surface area contributed by atoms with E-state index in [2.05, 4.69) is 0 Å². The second-order valence-corrected chi connectivity index (χ2v) is 7.43. The molecule has 2 rings (SSSR count). The number of halogens is 3. The maximum absolute atomic E-state index is 13.0. The number of hydrogen-bond acceptors (Lipinski definition) is 3. The summed E-state index contributed by atoms with van der Waals surface area (Å²) in [6.45, 7) is 6.14. The Hall–Kier alpha value is -2.25. The Morgan fingerprint density at radius 2 is 1.88 bits per heavy atom. The maximum Gasteiger partial charge on any atom is 0.417 e. The zero-order valence-electron chi connectivity index (χ0n) is 15.0. The molecule has 2 amide bonds. The van der Waals surface area contributed by atoms with Gasteiger partial charge in [-0.15, -0.1) is 0 Å². The Morgan fingerprint density at radius 1 is 1.23 bits per heavy atom. The van der Waals surface area contributed by atoms with Crippen LogP contribution in [0.4, 0.5) is 18.0 Å². The minimum atomic E-state index is -4.65. The van der Waals surface area contributed by atoms with E-state index in [9.17, 15) is 22.8 Å². The molecule has 1 fully saturated rings. The molecular formula is C18H23F3N2O3. The van der Waals surface area contributed by atoms with Gasteiger partial charge in [0.05, 0.1) is 11.1 Å². The van der Waals surface area contributed by atoms with Gasteiger partial charge in [-0.05, 0) is 51.3 Å². The molecule has 0 radical (unpaired) electrons. The van der Waals surface area contributed by atoms with E-state index >= 15 is 0 Å². The summed E-state index contributed by atoms with van der Waals surface area (Å²) in [6.07, 6.45) is -3.72. The fourth-order valence-corrected chi connectivity index (χ4v) is 3.01. The van der Waals surface area contributed by atoms with Gasteiger partial charge in [0.25, 0.3) is 0 Å². The van der Waals surface area contributed by atoms with Crippen LogP contribution >= 0.6 is 0 Å². The summed E-state index contributed by atoms with van der Waals surface area (Å²) in [7, 11) is 0. The number of ether oxygens (including phenoxy) is 1. The van der Waals surface area contributed by atoms with Gasteiger partial charge in [-0.25, -0.2) is 4.79 Å². The molecule has 1 aromatic rings. The average Bonchev–Trinajstić information content (AvgIpc) is 2.52. The van der Waals surface area contributed by atoms with E-state index < -0.39 is 34.9 Å². The lowest BCUT2D eigenvalue weighted by molar-refractivity contribution is -0.137. The van der Waals surface area contributed by atoms with Gasteiger partial charge < -0.3 is 15.4 Å². The Labute approximate surface area is 150 Å². The van der Waals surface area contributed by atoms with Crippen molar-refractivity contribution in [1.82, 2.24) is 4.90 Å². The normalized spacial score (nSPS) is 18.5. The Bertz CT molecular complexity index is 696. The largest absolute Gasteiger partial charge is 0.444 e. The van der Waals surface area contributed by atoms with Crippen LogP contribution in [0.5, 0.6) is 0 Å². The molecule has 1 unspecified atom stereocenters. The van der Waals surface area contributed by atoms with Crippen LogP contribution in [-0.2, 0) is 10.9 Å². The van der Waals surface area contributed by atoms with E-state index in [1.165, 1.54) is 12.1 Å². The van der Waals surface area contributed by atoms with Crippen LogP contribution in [0.15, 0.2) is 18.2 Å². The molecule has 1 aromatic carbocycles. The van der Waals surface area contributed by atoms with Crippen LogP contribution in [-0.4, -0.2) is 35.6 Å². The molecular weight excluding hydrogens is 349 g/mol. The van der Waals surface area contributed by atoms with Crippen molar-refractivity contribution in [2.75, 3.05) is 13.1 Å². The predicted molar refractivity (Wildman–Crippen MR) is 89.7 cm³/mol.